The Bertz CT molecular complexity index is 2810. The van der Waals surface area contributed by atoms with Crippen LogP contribution >= 0.6 is 11.6 Å². The molecular weight excluding hydrogens is 948 g/mol. The first-order chi connectivity index (χ1) is 35.3. The second-order valence-corrected chi connectivity index (χ2v) is 20.6. The number of hydrogen-bond acceptors (Lipinski definition) is 15. The lowest BCUT2D eigenvalue weighted by Gasteiger charge is -2.39. The number of piperazine rings is 2. The minimum Gasteiger partial charge on any atom is -0.497 e. The van der Waals surface area contributed by atoms with Gasteiger partial charge in [0.2, 0.25) is 17.7 Å². The van der Waals surface area contributed by atoms with E-state index in [1.165, 1.54) is 10.6 Å². The van der Waals surface area contributed by atoms with Crippen molar-refractivity contribution in [1.82, 2.24) is 29.7 Å². The molecule has 0 bridgehead atoms. The molecular formula is C54H65ClN12O6. The summed E-state index contributed by atoms with van der Waals surface area (Å²) in [7, 11) is 1.60. The Hall–Kier alpha value is -6.89. The van der Waals surface area contributed by atoms with Crippen molar-refractivity contribution in [3.63, 3.8) is 0 Å². The van der Waals surface area contributed by atoms with Crippen LogP contribution in [0, 0.1) is 6.92 Å². The lowest BCUT2D eigenvalue weighted by atomic mass is 10.0. The number of benzene rings is 3. The second kappa shape index (κ2) is 21.3. The number of nitrogens with one attached hydrogen (secondary N) is 1. The maximum atomic E-state index is 13.6. The van der Waals surface area contributed by atoms with Gasteiger partial charge in [0.05, 0.1) is 55.0 Å². The number of rotatable bonds is 12. The molecule has 5 aromatic rings. The van der Waals surface area contributed by atoms with Gasteiger partial charge in [0, 0.05) is 114 Å². The van der Waals surface area contributed by atoms with E-state index in [1.807, 2.05) is 82.6 Å². The van der Waals surface area contributed by atoms with Gasteiger partial charge in [-0.3, -0.25) is 29.3 Å². The van der Waals surface area contributed by atoms with Crippen molar-refractivity contribution < 1.29 is 28.6 Å². The molecule has 19 heteroatoms. The van der Waals surface area contributed by atoms with Gasteiger partial charge in [0.1, 0.15) is 23.6 Å². The Balaban J connectivity index is 0.667. The van der Waals surface area contributed by atoms with E-state index in [4.69, 9.17) is 30.8 Å². The zero-order valence-corrected chi connectivity index (χ0v) is 43.2. The fourth-order valence-electron chi connectivity index (χ4n) is 10.2. The Morgan fingerprint density at radius 1 is 0.767 bits per heavy atom. The number of fused-ring (bicyclic) bond motifs is 2. The van der Waals surface area contributed by atoms with Crippen molar-refractivity contribution in [2.24, 2.45) is 0 Å². The Labute approximate surface area is 432 Å². The summed E-state index contributed by atoms with van der Waals surface area (Å²) in [6.07, 6.45) is 4.37. The third-order valence-electron chi connectivity index (χ3n) is 14.3. The lowest BCUT2D eigenvalue weighted by Crippen LogP contribution is -2.52. The summed E-state index contributed by atoms with van der Waals surface area (Å²) < 4.78 is 16.9. The number of amides is 4. The molecule has 0 radical (unpaired) electrons. The van der Waals surface area contributed by atoms with Crippen LogP contribution < -0.4 is 39.3 Å². The lowest BCUT2D eigenvalue weighted by molar-refractivity contribution is -0.129. The Morgan fingerprint density at radius 3 is 2.12 bits per heavy atom. The molecule has 3 fully saturated rings. The number of hydrogen-bond donors (Lipinski definition) is 1. The van der Waals surface area contributed by atoms with Gasteiger partial charge in [-0.05, 0) is 99.8 Å². The fraction of sp³-hybridized carbons (Fsp3) is 0.444. The van der Waals surface area contributed by atoms with Crippen LogP contribution in [0.2, 0.25) is 5.02 Å². The van der Waals surface area contributed by atoms with E-state index in [-0.39, 0.29) is 24.9 Å². The van der Waals surface area contributed by atoms with Crippen LogP contribution in [-0.4, -0.2) is 152 Å². The molecule has 10 rings (SSSR count). The number of ether oxygens (including phenoxy) is 3. The summed E-state index contributed by atoms with van der Waals surface area (Å²) in [6, 6.07) is 21.4. The monoisotopic (exact) mass is 1010 g/mol. The van der Waals surface area contributed by atoms with Gasteiger partial charge < -0.3 is 34.2 Å². The Morgan fingerprint density at radius 2 is 1.45 bits per heavy atom. The van der Waals surface area contributed by atoms with Crippen LogP contribution in [0.1, 0.15) is 49.6 Å². The highest BCUT2D eigenvalue weighted by Gasteiger charge is 2.35. The third-order valence-corrected chi connectivity index (χ3v) is 14.6. The number of imide groups is 1. The molecule has 3 aromatic carbocycles. The molecule has 1 N–H and O–H groups in total. The maximum Gasteiger partial charge on any atom is 0.415 e. The van der Waals surface area contributed by atoms with Crippen LogP contribution in [0.5, 0.6) is 11.6 Å². The molecule has 7 heterocycles. The minimum absolute atomic E-state index is 0.189. The van der Waals surface area contributed by atoms with Gasteiger partial charge in [-0.2, -0.15) is 0 Å². The molecule has 3 saturated heterocycles. The summed E-state index contributed by atoms with van der Waals surface area (Å²) in [5.74, 6) is 1.51. The molecule has 5 aliphatic rings. The number of methoxy groups -OCH3 is 1. The smallest absolute Gasteiger partial charge is 0.415 e. The average Bonchev–Trinajstić information content (AvgIpc) is 3.39. The minimum atomic E-state index is -0.621. The highest BCUT2D eigenvalue weighted by molar-refractivity contribution is 6.34. The maximum absolute atomic E-state index is 13.6. The van der Waals surface area contributed by atoms with Gasteiger partial charge in [0.15, 0.2) is 0 Å². The first-order valence-corrected chi connectivity index (χ1v) is 25.7. The van der Waals surface area contributed by atoms with E-state index in [9.17, 15) is 14.4 Å². The molecule has 0 spiro atoms. The second-order valence-electron chi connectivity index (χ2n) is 20.2. The number of pyridine rings is 1. The summed E-state index contributed by atoms with van der Waals surface area (Å²) in [4.78, 5) is 70.7. The molecule has 384 valence electrons. The summed E-state index contributed by atoms with van der Waals surface area (Å²) in [5.41, 5.74) is 8.57. The van der Waals surface area contributed by atoms with E-state index in [1.54, 1.807) is 16.9 Å². The number of carbonyl (C=O) groups is 3. The molecule has 0 aliphatic carbocycles. The van der Waals surface area contributed by atoms with E-state index in [0.717, 1.165) is 124 Å². The zero-order valence-electron chi connectivity index (χ0n) is 42.5. The SMILES string of the molecule is COc1ccc(CN2C(=O)CCN(c3ccc(N4CCN(CCN5CCN(c6ccc(Nc7ncc8c(n7)CN(c7cnc9c(c7C)N(C(=O)OC(C)(C)C)CCO9)CC8)cc6)CC5)CC4)cc3Cl)C2=O)cc1. The largest absolute Gasteiger partial charge is 0.497 e. The first kappa shape index (κ1) is 49.7. The Kier molecular flexibility index (Phi) is 14.5. The number of halogens is 1. The van der Waals surface area contributed by atoms with E-state index >= 15 is 0 Å². The van der Waals surface area contributed by atoms with Crippen molar-refractivity contribution in [3.05, 3.63) is 107 Å². The van der Waals surface area contributed by atoms with Gasteiger partial charge in [-0.1, -0.05) is 23.7 Å². The van der Waals surface area contributed by atoms with Crippen molar-refractivity contribution in [3.8, 4) is 11.6 Å². The quantitative estimate of drug-likeness (QED) is 0.130. The molecule has 18 nitrogen and oxygen atoms in total. The van der Waals surface area contributed by atoms with Crippen molar-refractivity contribution in [1.29, 1.82) is 0 Å². The van der Waals surface area contributed by atoms with Crippen LogP contribution in [0.4, 0.5) is 49.7 Å². The van der Waals surface area contributed by atoms with Crippen molar-refractivity contribution in [2.45, 2.75) is 59.2 Å². The number of urea groups is 1. The standard InChI is InChI=1S/C54H65ClN12O6/c1-37-47(34-56-50-49(37)66(30-31-72-50)53(70)73-54(2,3)4)64-18-16-39-33-57-51(59-45(39)36-64)58-40-8-10-41(11-9-40)62-26-22-60(23-27-62)20-21-61-24-28-63(29-25-61)42-12-15-46(44(55)32-42)65-19-17-48(68)67(52(65)69)35-38-6-13-43(71-5)14-7-38/h6-15,32-34H,16-31,35-36H2,1-5H3,(H,57,58,59). The predicted molar refractivity (Wildman–Crippen MR) is 284 cm³/mol. The van der Waals surface area contributed by atoms with Gasteiger partial charge in [-0.25, -0.2) is 24.5 Å². The average molecular weight is 1010 g/mol. The van der Waals surface area contributed by atoms with Crippen LogP contribution in [0.3, 0.4) is 0 Å². The van der Waals surface area contributed by atoms with Crippen molar-refractivity contribution >= 4 is 69.7 Å². The van der Waals surface area contributed by atoms with Crippen LogP contribution in [0.25, 0.3) is 0 Å². The van der Waals surface area contributed by atoms with Crippen LogP contribution in [0.15, 0.2) is 79.1 Å². The summed E-state index contributed by atoms with van der Waals surface area (Å²) in [6.45, 7) is 19.9. The van der Waals surface area contributed by atoms with Gasteiger partial charge in [0.25, 0.3) is 0 Å². The zero-order chi connectivity index (χ0) is 50.8. The van der Waals surface area contributed by atoms with E-state index in [0.29, 0.717) is 54.5 Å². The number of aromatic nitrogens is 3. The molecule has 0 unspecified atom stereocenters. The highest BCUT2D eigenvalue weighted by Crippen LogP contribution is 2.40. The van der Waals surface area contributed by atoms with Gasteiger partial charge >= 0.3 is 12.1 Å². The summed E-state index contributed by atoms with van der Waals surface area (Å²) in [5, 5.41) is 3.93. The number of anilines is 7. The number of nitrogens with zero attached hydrogens (tertiary/aromatic N) is 11. The van der Waals surface area contributed by atoms with Gasteiger partial charge in [-0.15, -0.1) is 0 Å². The highest BCUT2D eigenvalue weighted by atomic mass is 35.5. The molecule has 5 aliphatic heterocycles. The molecule has 2 aromatic heterocycles. The normalized spacial score (nSPS) is 17.8. The molecule has 0 saturated carbocycles. The molecule has 0 atom stereocenters. The number of carbonyl (C=O) groups excluding carboxylic acids is 3. The summed E-state index contributed by atoms with van der Waals surface area (Å²) >= 11 is 6.87. The van der Waals surface area contributed by atoms with Crippen LogP contribution in [-0.2, 0) is 29.0 Å². The topological polar surface area (TPSA) is 156 Å². The van der Waals surface area contributed by atoms with E-state index in [2.05, 4.69) is 64.0 Å². The first-order valence-electron chi connectivity index (χ1n) is 25.4. The third kappa shape index (κ3) is 11.2. The molecule has 4 amide bonds. The fourth-order valence-corrected chi connectivity index (χ4v) is 10.5. The predicted octanol–water partition coefficient (Wildman–Crippen LogP) is 7.59. The van der Waals surface area contributed by atoms with E-state index < -0.39 is 11.7 Å². The van der Waals surface area contributed by atoms with Crippen molar-refractivity contribution in [2.75, 3.05) is 129 Å². The molecule has 73 heavy (non-hydrogen) atoms.